The van der Waals surface area contributed by atoms with Crippen molar-refractivity contribution >= 4 is 0 Å². The van der Waals surface area contributed by atoms with Gasteiger partial charge in [-0.3, -0.25) is 4.90 Å². The van der Waals surface area contributed by atoms with Gasteiger partial charge < -0.3 is 5.73 Å². The van der Waals surface area contributed by atoms with E-state index in [0.717, 1.165) is 19.1 Å². The maximum atomic E-state index is 5.93. The number of hydrogen-bond donors (Lipinski definition) is 1. The van der Waals surface area contributed by atoms with Gasteiger partial charge in [-0.25, -0.2) is 0 Å². The van der Waals surface area contributed by atoms with Crippen molar-refractivity contribution in [3.8, 4) is 0 Å². The van der Waals surface area contributed by atoms with Gasteiger partial charge in [-0.05, 0) is 32.2 Å². The summed E-state index contributed by atoms with van der Waals surface area (Å²) < 4.78 is 0. The Morgan fingerprint density at radius 2 is 1.77 bits per heavy atom. The van der Waals surface area contributed by atoms with E-state index in [1.807, 2.05) is 0 Å². The molecule has 1 rings (SSSR count). The maximum absolute atomic E-state index is 5.93. The molecule has 2 heteroatoms. The first-order valence-corrected chi connectivity index (χ1v) is 5.70. The molecule has 0 radical (unpaired) electrons. The van der Waals surface area contributed by atoms with Crippen LogP contribution in [0.1, 0.15) is 46.5 Å². The zero-order valence-electron chi connectivity index (χ0n) is 9.34. The minimum Gasteiger partial charge on any atom is -0.329 e. The highest BCUT2D eigenvalue weighted by Crippen LogP contribution is 2.35. The molecule has 0 spiro atoms. The molecule has 0 aromatic heterocycles. The number of rotatable bonds is 6. The maximum Gasteiger partial charge on any atom is 0.0329 e. The molecule has 0 atom stereocenters. The SMILES string of the molecule is CCN(C1CC1)C(CC)(CC)CN. The molecular weight excluding hydrogens is 160 g/mol. The predicted octanol–water partition coefficient (Wildman–Crippen LogP) is 1.99. The monoisotopic (exact) mass is 184 g/mol. The molecule has 78 valence electrons. The van der Waals surface area contributed by atoms with Crippen LogP contribution in [0.3, 0.4) is 0 Å². The molecular formula is C11H24N2. The zero-order chi connectivity index (χ0) is 9.90. The quantitative estimate of drug-likeness (QED) is 0.684. The van der Waals surface area contributed by atoms with E-state index in [4.69, 9.17) is 5.73 Å². The van der Waals surface area contributed by atoms with Crippen LogP contribution in [-0.2, 0) is 0 Å². The summed E-state index contributed by atoms with van der Waals surface area (Å²) in [4.78, 5) is 2.63. The van der Waals surface area contributed by atoms with Gasteiger partial charge in [-0.15, -0.1) is 0 Å². The van der Waals surface area contributed by atoms with Crippen molar-refractivity contribution in [2.75, 3.05) is 13.1 Å². The lowest BCUT2D eigenvalue weighted by Crippen LogP contribution is -2.54. The fraction of sp³-hybridized carbons (Fsp3) is 1.00. The first-order valence-electron chi connectivity index (χ1n) is 5.70. The third kappa shape index (κ3) is 2.05. The van der Waals surface area contributed by atoms with Crippen LogP contribution in [0, 0.1) is 0 Å². The fourth-order valence-electron chi connectivity index (χ4n) is 2.43. The molecule has 0 saturated heterocycles. The van der Waals surface area contributed by atoms with E-state index in [1.165, 1.54) is 25.7 Å². The van der Waals surface area contributed by atoms with E-state index < -0.39 is 0 Å². The van der Waals surface area contributed by atoms with E-state index in [-0.39, 0.29) is 5.54 Å². The number of hydrogen-bond acceptors (Lipinski definition) is 2. The topological polar surface area (TPSA) is 29.3 Å². The molecule has 2 nitrogen and oxygen atoms in total. The molecule has 0 aliphatic heterocycles. The summed E-state index contributed by atoms with van der Waals surface area (Å²) in [6, 6.07) is 0.841. The molecule has 0 amide bonds. The van der Waals surface area contributed by atoms with Crippen molar-refractivity contribution in [1.82, 2.24) is 4.90 Å². The summed E-state index contributed by atoms with van der Waals surface area (Å²) in [6.07, 6.45) is 5.14. The summed E-state index contributed by atoms with van der Waals surface area (Å²) in [5, 5.41) is 0. The Hall–Kier alpha value is -0.0800. The van der Waals surface area contributed by atoms with E-state index in [2.05, 4.69) is 25.7 Å². The predicted molar refractivity (Wildman–Crippen MR) is 57.8 cm³/mol. The van der Waals surface area contributed by atoms with Crippen LogP contribution in [0.15, 0.2) is 0 Å². The minimum absolute atomic E-state index is 0.288. The summed E-state index contributed by atoms with van der Waals surface area (Å²) in [7, 11) is 0. The van der Waals surface area contributed by atoms with E-state index in [0.29, 0.717) is 0 Å². The van der Waals surface area contributed by atoms with Gasteiger partial charge in [0.25, 0.3) is 0 Å². The molecule has 1 saturated carbocycles. The molecule has 1 fully saturated rings. The van der Waals surface area contributed by atoms with E-state index in [1.54, 1.807) is 0 Å². The molecule has 0 unspecified atom stereocenters. The van der Waals surface area contributed by atoms with Gasteiger partial charge in [0, 0.05) is 18.1 Å². The summed E-state index contributed by atoms with van der Waals surface area (Å²) >= 11 is 0. The fourth-order valence-corrected chi connectivity index (χ4v) is 2.43. The Bertz CT molecular complexity index is 140. The third-order valence-corrected chi connectivity index (χ3v) is 3.63. The van der Waals surface area contributed by atoms with Crippen LogP contribution in [0.2, 0.25) is 0 Å². The first kappa shape index (κ1) is 11.0. The van der Waals surface area contributed by atoms with E-state index >= 15 is 0 Å². The zero-order valence-corrected chi connectivity index (χ0v) is 9.34. The van der Waals surface area contributed by atoms with Crippen molar-refractivity contribution in [3.05, 3.63) is 0 Å². The first-order chi connectivity index (χ1) is 6.24. The van der Waals surface area contributed by atoms with Crippen molar-refractivity contribution in [1.29, 1.82) is 0 Å². The van der Waals surface area contributed by atoms with Gasteiger partial charge in [-0.2, -0.15) is 0 Å². The second-order valence-corrected chi connectivity index (χ2v) is 4.15. The molecule has 1 aliphatic rings. The van der Waals surface area contributed by atoms with Crippen LogP contribution in [0.4, 0.5) is 0 Å². The van der Waals surface area contributed by atoms with Crippen LogP contribution in [0.5, 0.6) is 0 Å². The second-order valence-electron chi connectivity index (χ2n) is 4.15. The lowest BCUT2D eigenvalue weighted by Gasteiger charge is -2.42. The lowest BCUT2D eigenvalue weighted by atomic mass is 9.90. The Labute approximate surface area is 82.5 Å². The lowest BCUT2D eigenvalue weighted by molar-refractivity contribution is 0.0823. The van der Waals surface area contributed by atoms with Crippen LogP contribution in [-0.4, -0.2) is 29.6 Å². The molecule has 0 aromatic carbocycles. The highest BCUT2D eigenvalue weighted by molar-refractivity contribution is 4.97. The van der Waals surface area contributed by atoms with Gasteiger partial charge in [0.2, 0.25) is 0 Å². The highest BCUT2D eigenvalue weighted by Gasteiger charge is 2.40. The molecule has 13 heavy (non-hydrogen) atoms. The Kier molecular flexibility index (Phi) is 3.74. The Morgan fingerprint density at radius 3 is 2.00 bits per heavy atom. The van der Waals surface area contributed by atoms with Crippen molar-refractivity contribution in [2.24, 2.45) is 5.73 Å². The summed E-state index contributed by atoms with van der Waals surface area (Å²) in [6.45, 7) is 8.75. The average molecular weight is 184 g/mol. The largest absolute Gasteiger partial charge is 0.329 e. The molecule has 0 heterocycles. The number of likely N-dealkylation sites (N-methyl/N-ethyl adjacent to an activating group) is 1. The summed E-state index contributed by atoms with van der Waals surface area (Å²) in [5.41, 5.74) is 6.22. The standard InChI is InChI=1S/C11H24N2/c1-4-11(5-2,9-12)13(6-3)10-7-8-10/h10H,4-9,12H2,1-3H3. The minimum atomic E-state index is 0.288. The average Bonchev–Trinajstić information content (AvgIpc) is 2.98. The number of nitrogens with zero attached hydrogens (tertiary/aromatic N) is 1. The van der Waals surface area contributed by atoms with Crippen molar-refractivity contribution in [2.45, 2.75) is 58.0 Å². The van der Waals surface area contributed by atoms with Crippen LogP contribution in [0.25, 0.3) is 0 Å². The Morgan fingerprint density at radius 1 is 1.23 bits per heavy atom. The van der Waals surface area contributed by atoms with E-state index in [9.17, 15) is 0 Å². The van der Waals surface area contributed by atoms with Crippen molar-refractivity contribution < 1.29 is 0 Å². The van der Waals surface area contributed by atoms with Gasteiger partial charge in [0.05, 0.1) is 0 Å². The van der Waals surface area contributed by atoms with Gasteiger partial charge in [0.1, 0.15) is 0 Å². The van der Waals surface area contributed by atoms with Gasteiger partial charge in [0.15, 0.2) is 0 Å². The highest BCUT2D eigenvalue weighted by atomic mass is 15.2. The molecule has 2 N–H and O–H groups in total. The number of nitrogens with two attached hydrogens (primary N) is 1. The summed E-state index contributed by atoms with van der Waals surface area (Å²) in [5.74, 6) is 0. The third-order valence-electron chi connectivity index (χ3n) is 3.63. The molecule has 0 bridgehead atoms. The van der Waals surface area contributed by atoms with Gasteiger partial charge >= 0.3 is 0 Å². The van der Waals surface area contributed by atoms with Crippen LogP contribution >= 0.6 is 0 Å². The second kappa shape index (κ2) is 4.43. The van der Waals surface area contributed by atoms with Crippen molar-refractivity contribution in [3.63, 3.8) is 0 Å². The smallest absolute Gasteiger partial charge is 0.0329 e. The molecule has 0 aromatic rings. The van der Waals surface area contributed by atoms with Gasteiger partial charge in [-0.1, -0.05) is 20.8 Å². The normalized spacial score (nSPS) is 18.2. The van der Waals surface area contributed by atoms with Crippen LogP contribution < -0.4 is 5.73 Å². The Balaban J connectivity index is 2.68. The molecule has 1 aliphatic carbocycles.